The number of Topliss-reactive ketones (excluding diaryl/α,β-unsaturated/α-hetero) is 4. The summed E-state index contributed by atoms with van der Waals surface area (Å²) >= 11 is 0. The van der Waals surface area contributed by atoms with Gasteiger partial charge in [0.2, 0.25) is 17.6 Å². The lowest BCUT2D eigenvalue weighted by atomic mass is 9.73. The average Bonchev–Trinajstić information content (AvgIpc) is 3.96. The minimum Gasteiger partial charge on any atom is -0.346 e. The first-order chi connectivity index (χ1) is 26.0. The van der Waals surface area contributed by atoms with Crippen molar-refractivity contribution < 1.29 is 28.8 Å². The summed E-state index contributed by atoms with van der Waals surface area (Å²) in [5, 5.41) is 3.27. The standard InChI is InChI=1S/C46H73N3O6/c1-8-15-32(40(53)38(52)24-30-19-20-30)25-36(50)35-27-46(44(6,7)45(46)21-14-22-45)29-49(35)42(55)34(43(3,4)5)26-37(51)39(31-16-11-10-12-17-31)47-41(54)33-18-13-23-48(9-2)28-33/h30-35,39H,8-29H2,1-7H3,(H,47,54)/t32-,33-,34-,35+,39+,46-/m1/s1. The van der Waals surface area contributed by atoms with Crippen LogP contribution in [0.4, 0.5) is 0 Å². The number of nitrogens with one attached hydrogen (secondary N) is 1. The van der Waals surface area contributed by atoms with Crippen LogP contribution >= 0.6 is 0 Å². The van der Waals surface area contributed by atoms with Gasteiger partial charge in [0.1, 0.15) is 0 Å². The van der Waals surface area contributed by atoms with Crippen molar-refractivity contribution in [2.75, 3.05) is 26.2 Å². The van der Waals surface area contributed by atoms with Crippen LogP contribution < -0.4 is 5.32 Å². The Morgan fingerprint density at radius 1 is 0.836 bits per heavy atom. The highest BCUT2D eigenvalue weighted by Crippen LogP contribution is 2.88. The molecule has 0 aromatic carbocycles. The number of hydrogen-bond donors (Lipinski definition) is 1. The first-order valence-corrected chi connectivity index (χ1v) is 22.5. The van der Waals surface area contributed by atoms with Crippen molar-refractivity contribution in [3.05, 3.63) is 0 Å². The molecule has 0 aromatic rings. The summed E-state index contributed by atoms with van der Waals surface area (Å²) in [7, 11) is 0. The van der Waals surface area contributed by atoms with Gasteiger partial charge in [-0.25, -0.2) is 0 Å². The van der Waals surface area contributed by atoms with E-state index in [2.05, 4.69) is 31.0 Å². The Morgan fingerprint density at radius 3 is 2.09 bits per heavy atom. The third-order valence-electron chi connectivity index (χ3n) is 16.2. The molecule has 6 fully saturated rings. The van der Waals surface area contributed by atoms with Gasteiger partial charge in [-0.1, -0.05) is 80.6 Å². The highest BCUT2D eigenvalue weighted by atomic mass is 16.2. The Labute approximate surface area is 331 Å². The maximum atomic E-state index is 15.2. The molecule has 2 aliphatic heterocycles. The van der Waals surface area contributed by atoms with Crippen molar-refractivity contribution in [2.24, 2.45) is 51.2 Å². The fourth-order valence-corrected chi connectivity index (χ4v) is 12.1. The number of piperidine rings is 1. The normalized spacial score (nSPS) is 29.3. The molecule has 0 aromatic heterocycles. The van der Waals surface area contributed by atoms with E-state index in [-0.39, 0.29) is 76.5 Å². The number of likely N-dealkylation sites (tertiary alicyclic amines) is 2. The lowest BCUT2D eigenvalue weighted by Gasteiger charge is -2.38. The molecule has 9 nitrogen and oxygen atoms in total. The molecule has 6 atom stereocenters. The van der Waals surface area contributed by atoms with Crippen molar-refractivity contribution in [3.8, 4) is 0 Å². The number of carbonyl (C=O) groups is 6. The molecule has 55 heavy (non-hydrogen) atoms. The number of hydrogen-bond acceptors (Lipinski definition) is 7. The number of ketones is 4. The fraction of sp³-hybridized carbons (Fsp3) is 0.870. The molecule has 308 valence electrons. The number of fused-ring (bicyclic) bond motifs is 1. The van der Waals surface area contributed by atoms with Gasteiger partial charge in [0.25, 0.3) is 0 Å². The van der Waals surface area contributed by atoms with Crippen molar-refractivity contribution >= 4 is 34.9 Å². The smallest absolute Gasteiger partial charge is 0.227 e. The Bertz CT molecular complexity index is 1480. The summed E-state index contributed by atoms with van der Waals surface area (Å²) in [6.07, 6.45) is 14.1. The minimum absolute atomic E-state index is 0.0150. The Morgan fingerprint density at radius 2 is 1.53 bits per heavy atom. The second-order valence-electron chi connectivity index (χ2n) is 20.6. The van der Waals surface area contributed by atoms with Crippen LogP contribution in [-0.4, -0.2) is 83.0 Å². The van der Waals surface area contributed by atoms with Crippen molar-refractivity contribution in [2.45, 2.75) is 176 Å². The van der Waals surface area contributed by atoms with Crippen LogP contribution in [0.3, 0.4) is 0 Å². The van der Waals surface area contributed by atoms with Crippen molar-refractivity contribution in [1.29, 1.82) is 0 Å². The first-order valence-electron chi connectivity index (χ1n) is 22.5. The van der Waals surface area contributed by atoms with Gasteiger partial charge in [-0.3, -0.25) is 28.8 Å². The molecule has 4 saturated carbocycles. The van der Waals surface area contributed by atoms with Crippen LogP contribution in [-0.2, 0) is 28.8 Å². The van der Waals surface area contributed by atoms with Gasteiger partial charge in [-0.05, 0) is 105 Å². The predicted molar refractivity (Wildman–Crippen MR) is 214 cm³/mol. The lowest BCUT2D eigenvalue weighted by molar-refractivity contribution is -0.147. The van der Waals surface area contributed by atoms with E-state index in [1.54, 1.807) is 0 Å². The van der Waals surface area contributed by atoms with Gasteiger partial charge in [-0.15, -0.1) is 0 Å². The molecule has 0 radical (unpaired) electrons. The van der Waals surface area contributed by atoms with Crippen molar-refractivity contribution in [1.82, 2.24) is 15.1 Å². The molecule has 2 heterocycles. The van der Waals surface area contributed by atoms with E-state index in [1.165, 1.54) is 0 Å². The highest BCUT2D eigenvalue weighted by Gasteiger charge is 2.85. The summed E-state index contributed by atoms with van der Waals surface area (Å²) in [4.78, 5) is 88.9. The summed E-state index contributed by atoms with van der Waals surface area (Å²) in [6.45, 7) is 17.8. The second kappa shape index (κ2) is 16.4. The number of rotatable bonds is 17. The quantitative estimate of drug-likeness (QED) is 0.152. The van der Waals surface area contributed by atoms with Gasteiger partial charge in [0.15, 0.2) is 17.3 Å². The number of amides is 2. The number of carbonyl (C=O) groups excluding carboxylic acids is 6. The lowest BCUT2D eigenvalue weighted by Crippen LogP contribution is -2.53. The molecular formula is C46H73N3O6. The van der Waals surface area contributed by atoms with E-state index >= 15 is 4.79 Å². The zero-order chi connectivity index (χ0) is 39.9. The molecule has 0 unspecified atom stereocenters. The van der Waals surface area contributed by atoms with E-state index < -0.39 is 35.1 Å². The zero-order valence-corrected chi connectivity index (χ0v) is 35.4. The van der Waals surface area contributed by atoms with E-state index in [4.69, 9.17) is 0 Å². The van der Waals surface area contributed by atoms with Gasteiger partial charge in [0.05, 0.1) is 18.0 Å². The van der Waals surface area contributed by atoms with Crippen LogP contribution in [0.1, 0.15) is 164 Å². The van der Waals surface area contributed by atoms with E-state index in [0.717, 1.165) is 90.1 Å². The topological polar surface area (TPSA) is 121 Å². The molecule has 9 heteroatoms. The van der Waals surface area contributed by atoms with Gasteiger partial charge < -0.3 is 15.1 Å². The molecule has 4 aliphatic carbocycles. The maximum absolute atomic E-state index is 15.2. The van der Waals surface area contributed by atoms with E-state index in [9.17, 15) is 24.0 Å². The van der Waals surface area contributed by atoms with Gasteiger partial charge in [0, 0.05) is 49.6 Å². The third kappa shape index (κ3) is 8.17. The van der Waals surface area contributed by atoms with Crippen LogP contribution in [0.15, 0.2) is 0 Å². The molecular weight excluding hydrogens is 691 g/mol. The Kier molecular flexibility index (Phi) is 12.6. The molecule has 6 rings (SSSR count). The summed E-state index contributed by atoms with van der Waals surface area (Å²) in [5.74, 6) is -2.27. The molecule has 2 saturated heterocycles. The SMILES string of the molecule is CCC[C@H](CC(=O)[C@@H]1C[C@@]2(CN1C(=O)[C@@H](CC(=O)[C@@H](NC(=O)[C@@H]1CCCN(CC)C1)C1CCCCC1)C(C)(C)C)C(C)(C)C21CCC1)C(=O)C(=O)CC1CC1. The maximum Gasteiger partial charge on any atom is 0.227 e. The van der Waals surface area contributed by atoms with Crippen molar-refractivity contribution in [3.63, 3.8) is 0 Å². The van der Waals surface area contributed by atoms with Crippen LogP contribution in [0, 0.1) is 51.2 Å². The fourth-order valence-electron chi connectivity index (χ4n) is 12.1. The minimum atomic E-state index is -0.681. The third-order valence-corrected chi connectivity index (χ3v) is 16.2. The molecule has 2 amide bonds. The second-order valence-corrected chi connectivity index (χ2v) is 20.6. The Balaban J connectivity index is 1.25. The zero-order valence-electron chi connectivity index (χ0n) is 35.4. The largest absolute Gasteiger partial charge is 0.346 e. The highest BCUT2D eigenvalue weighted by molar-refractivity contribution is 6.38. The van der Waals surface area contributed by atoms with Gasteiger partial charge >= 0.3 is 0 Å². The summed E-state index contributed by atoms with van der Waals surface area (Å²) in [6, 6.07) is -1.31. The first kappa shape index (κ1) is 42.2. The van der Waals surface area contributed by atoms with Crippen LogP contribution in [0.5, 0.6) is 0 Å². The molecule has 2 spiro atoms. The molecule has 1 N–H and O–H groups in total. The summed E-state index contributed by atoms with van der Waals surface area (Å²) in [5.41, 5.74) is -0.689. The monoisotopic (exact) mass is 764 g/mol. The molecule has 6 aliphatic rings. The number of nitrogens with zero attached hydrogens (tertiary/aromatic N) is 2. The molecule has 0 bridgehead atoms. The average molecular weight is 764 g/mol. The van der Waals surface area contributed by atoms with E-state index in [0.29, 0.717) is 38.3 Å². The van der Waals surface area contributed by atoms with E-state index in [1.807, 2.05) is 32.6 Å². The Hall–Kier alpha value is -2.42. The van der Waals surface area contributed by atoms with Crippen LogP contribution in [0.25, 0.3) is 0 Å². The van der Waals surface area contributed by atoms with Gasteiger partial charge in [-0.2, -0.15) is 0 Å². The summed E-state index contributed by atoms with van der Waals surface area (Å²) < 4.78 is 0. The van der Waals surface area contributed by atoms with Crippen LogP contribution in [0.2, 0.25) is 0 Å². The predicted octanol–water partition coefficient (Wildman–Crippen LogP) is 7.52.